The minimum Gasteiger partial charge on any atom is -0.486 e. The Kier molecular flexibility index (Phi) is 6.30. The van der Waals surface area contributed by atoms with Crippen molar-refractivity contribution in [2.24, 2.45) is 11.8 Å². The first-order valence-corrected chi connectivity index (χ1v) is 11.5. The van der Waals surface area contributed by atoms with E-state index in [2.05, 4.69) is 10.6 Å². The average Bonchev–Trinajstić information content (AvgIpc) is 3.34. The van der Waals surface area contributed by atoms with Crippen LogP contribution in [0.15, 0.2) is 18.2 Å². The number of ether oxygens (including phenoxy) is 3. The number of amides is 2. The molecule has 0 bridgehead atoms. The molecule has 7 nitrogen and oxygen atoms in total. The van der Waals surface area contributed by atoms with Crippen LogP contribution in [0.2, 0.25) is 0 Å². The first-order valence-electron chi connectivity index (χ1n) is 11.5. The molecular formula is C24H34N2O5. The molecule has 2 aliphatic carbocycles. The molecule has 1 aliphatic heterocycles. The molecule has 1 aromatic rings. The van der Waals surface area contributed by atoms with Crippen LogP contribution in [-0.2, 0) is 9.53 Å². The Morgan fingerprint density at radius 3 is 2.55 bits per heavy atom. The zero-order chi connectivity index (χ0) is 22.0. The van der Waals surface area contributed by atoms with Crippen molar-refractivity contribution in [1.82, 2.24) is 10.6 Å². The molecule has 4 rings (SSSR count). The third-order valence-electron chi connectivity index (χ3n) is 6.28. The fourth-order valence-electron chi connectivity index (χ4n) is 4.64. The second-order valence-corrected chi connectivity index (χ2v) is 9.89. The highest BCUT2D eigenvalue weighted by Crippen LogP contribution is 2.49. The molecule has 7 heteroatoms. The highest BCUT2D eigenvalue weighted by atomic mass is 16.6. The molecule has 0 saturated heterocycles. The molecule has 0 radical (unpaired) electrons. The van der Waals surface area contributed by atoms with Crippen LogP contribution in [0.3, 0.4) is 0 Å². The molecule has 1 heterocycles. The van der Waals surface area contributed by atoms with E-state index in [1.54, 1.807) is 0 Å². The lowest BCUT2D eigenvalue weighted by Crippen LogP contribution is -2.48. The first-order chi connectivity index (χ1) is 14.8. The minimum absolute atomic E-state index is 0.0343. The Hall–Kier alpha value is -2.44. The van der Waals surface area contributed by atoms with Crippen molar-refractivity contribution in [3.05, 3.63) is 23.8 Å². The summed E-state index contributed by atoms with van der Waals surface area (Å²) in [5.41, 5.74) is 0.579. The van der Waals surface area contributed by atoms with Gasteiger partial charge in [0.15, 0.2) is 11.5 Å². The predicted octanol–water partition coefficient (Wildman–Crippen LogP) is 3.76. The highest BCUT2D eigenvalue weighted by Gasteiger charge is 2.45. The van der Waals surface area contributed by atoms with Crippen molar-refractivity contribution in [1.29, 1.82) is 0 Å². The fraction of sp³-hybridized carbons (Fsp3) is 0.667. The second kappa shape index (κ2) is 8.97. The van der Waals surface area contributed by atoms with Crippen LogP contribution in [0.1, 0.15) is 64.4 Å². The van der Waals surface area contributed by atoms with Crippen LogP contribution in [0.4, 0.5) is 4.79 Å². The van der Waals surface area contributed by atoms with Gasteiger partial charge < -0.3 is 24.8 Å². The van der Waals surface area contributed by atoms with Gasteiger partial charge in [-0.2, -0.15) is 0 Å². The molecule has 31 heavy (non-hydrogen) atoms. The quantitative estimate of drug-likeness (QED) is 0.718. The second-order valence-electron chi connectivity index (χ2n) is 9.89. The third-order valence-corrected chi connectivity index (χ3v) is 6.28. The zero-order valence-corrected chi connectivity index (χ0v) is 18.7. The summed E-state index contributed by atoms with van der Waals surface area (Å²) < 4.78 is 16.6. The van der Waals surface area contributed by atoms with Crippen LogP contribution >= 0.6 is 0 Å². The minimum atomic E-state index is -0.541. The number of alkyl carbamates (subject to hydrolysis) is 1. The van der Waals surface area contributed by atoms with Gasteiger partial charge in [-0.05, 0) is 69.6 Å². The summed E-state index contributed by atoms with van der Waals surface area (Å²) in [6.45, 7) is 7.04. The van der Waals surface area contributed by atoms with Crippen LogP contribution in [0.25, 0.3) is 0 Å². The summed E-state index contributed by atoms with van der Waals surface area (Å²) in [6, 6.07) is 5.90. The molecule has 2 amide bonds. The van der Waals surface area contributed by atoms with Crippen molar-refractivity contribution < 1.29 is 23.8 Å². The lowest BCUT2D eigenvalue weighted by molar-refractivity contribution is -0.123. The Morgan fingerprint density at radius 1 is 1.13 bits per heavy atom. The molecule has 2 fully saturated rings. The van der Waals surface area contributed by atoms with Gasteiger partial charge in [0.2, 0.25) is 5.91 Å². The molecule has 2 N–H and O–H groups in total. The molecule has 3 aliphatic rings. The number of nitrogens with one attached hydrogen (secondary N) is 2. The highest BCUT2D eigenvalue weighted by molar-refractivity contribution is 5.83. The molecule has 0 spiro atoms. The van der Waals surface area contributed by atoms with Crippen LogP contribution in [-0.4, -0.2) is 43.4 Å². The summed E-state index contributed by atoms with van der Waals surface area (Å²) >= 11 is 0. The maximum Gasteiger partial charge on any atom is 0.407 e. The van der Waals surface area contributed by atoms with E-state index in [1.807, 2.05) is 39.0 Å². The van der Waals surface area contributed by atoms with E-state index in [1.165, 1.54) is 12.8 Å². The van der Waals surface area contributed by atoms with E-state index in [0.29, 0.717) is 25.7 Å². The number of benzene rings is 1. The van der Waals surface area contributed by atoms with Crippen molar-refractivity contribution in [2.75, 3.05) is 19.8 Å². The van der Waals surface area contributed by atoms with Crippen LogP contribution < -0.4 is 20.1 Å². The summed E-state index contributed by atoms with van der Waals surface area (Å²) in [6.07, 6.45) is 4.90. The third kappa shape index (κ3) is 5.63. The summed E-state index contributed by atoms with van der Waals surface area (Å²) in [5.74, 6) is 2.17. The molecule has 0 unspecified atom stereocenters. The fourth-order valence-corrected chi connectivity index (χ4v) is 4.64. The number of hydrogen-bond donors (Lipinski definition) is 2. The molecule has 1 aromatic carbocycles. The maximum absolute atomic E-state index is 13.0. The van der Waals surface area contributed by atoms with E-state index in [9.17, 15) is 9.59 Å². The first kappa shape index (κ1) is 21.8. The van der Waals surface area contributed by atoms with E-state index in [4.69, 9.17) is 14.2 Å². The van der Waals surface area contributed by atoms with E-state index in [0.717, 1.165) is 36.3 Å². The molecule has 0 aromatic heterocycles. The molecule has 3 atom stereocenters. The SMILES string of the molecule is CC(C)(C)OC(=O)NC[C@H](NC(=O)[C@H]1C[C@H]1c1ccc2c(c1)OCCO2)C1CCCC1. The summed E-state index contributed by atoms with van der Waals surface area (Å²) in [4.78, 5) is 25.1. The van der Waals surface area contributed by atoms with Gasteiger partial charge in [0, 0.05) is 18.5 Å². The van der Waals surface area contributed by atoms with Gasteiger partial charge in [-0.15, -0.1) is 0 Å². The van der Waals surface area contributed by atoms with Crippen LogP contribution in [0, 0.1) is 11.8 Å². The topological polar surface area (TPSA) is 85.9 Å². The van der Waals surface area contributed by atoms with Crippen molar-refractivity contribution in [3.8, 4) is 11.5 Å². The van der Waals surface area contributed by atoms with Gasteiger partial charge in [0.25, 0.3) is 0 Å². The predicted molar refractivity (Wildman–Crippen MR) is 116 cm³/mol. The Balaban J connectivity index is 1.34. The Bertz CT molecular complexity index is 813. The summed E-state index contributed by atoms with van der Waals surface area (Å²) in [5, 5.41) is 6.09. The standard InChI is InChI=1S/C24H34N2O5/c1-24(2,3)31-23(28)25-14-19(15-6-4-5-7-15)26-22(27)18-13-17(18)16-8-9-20-21(12-16)30-11-10-29-20/h8-9,12,15,17-19H,4-7,10-11,13-14H2,1-3H3,(H,25,28)(H,26,27)/t17-,18-,19-/m0/s1. The normalized spacial score (nSPS) is 23.7. The molecule has 170 valence electrons. The van der Waals surface area contributed by atoms with Crippen molar-refractivity contribution in [3.63, 3.8) is 0 Å². The Labute approximate surface area is 184 Å². The lowest BCUT2D eigenvalue weighted by atomic mass is 9.97. The van der Waals surface area contributed by atoms with Crippen molar-refractivity contribution in [2.45, 2.75) is 70.4 Å². The van der Waals surface area contributed by atoms with Crippen molar-refractivity contribution >= 4 is 12.0 Å². The smallest absolute Gasteiger partial charge is 0.407 e. The van der Waals surface area contributed by atoms with Gasteiger partial charge in [0.05, 0.1) is 0 Å². The van der Waals surface area contributed by atoms with E-state index >= 15 is 0 Å². The average molecular weight is 431 g/mol. The van der Waals surface area contributed by atoms with Gasteiger partial charge in [0.1, 0.15) is 18.8 Å². The number of rotatable bonds is 6. The summed E-state index contributed by atoms with van der Waals surface area (Å²) in [7, 11) is 0. The van der Waals surface area contributed by atoms with Crippen LogP contribution in [0.5, 0.6) is 11.5 Å². The largest absolute Gasteiger partial charge is 0.486 e. The van der Waals surface area contributed by atoms with Gasteiger partial charge in [-0.3, -0.25) is 4.79 Å². The number of fused-ring (bicyclic) bond motifs is 1. The van der Waals surface area contributed by atoms with Gasteiger partial charge >= 0.3 is 6.09 Å². The Morgan fingerprint density at radius 2 is 1.84 bits per heavy atom. The number of hydrogen-bond acceptors (Lipinski definition) is 5. The number of carbonyl (C=O) groups is 2. The number of carbonyl (C=O) groups excluding carboxylic acids is 2. The molecular weight excluding hydrogens is 396 g/mol. The van der Waals surface area contributed by atoms with Gasteiger partial charge in [-0.1, -0.05) is 18.9 Å². The van der Waals surface area contributed by atoms with E-state index < -0.39 is 11.7 Å². The molecule has 2 saturated carbocycles. The van der Waals surface area contributed by atoms with E-state index in [-0.39, 0.29) is 23.8 Å². The maximum atomic E-state index is 13.0. The lowest BCUT2D eigenvalue weighted by Gasteiger charge is -2.26. The monoisotopic (exact) mass is 430 g/mol. The van der Waals surface area contributed by atoms with Gasteiger partial charge in [-0.25, -0.2) is 4.79 Å². The zero-order valence-electron chi connectivity index (χ0n) is 18.7.